The van der Waals surface area contributed by atoms with Gasteiger partial charge in [0.25, 0.3) is 0 Å². The molecule has 0 spiro atoms. The summed E-state index contributed by atoms with van der Waals surface area (Å²) in [5.74, 6) is -0.713. The Hall–Kier alpha value is -1.67. The van der Waals surface area contributed by atoms with Crippen LogP contribution in [0.3, 0.4) is 0 Å². The van der Waals surface area contributed by atoms with Gasteiger partial charge in [0, 0.05) is 0 Å². The fraction of sp³-hybridized carbons (Fsp3) is 0.873. The van der Waals surface area contributed by atoms with Crippen molar-refractivity contribution >= 4 is 5.91 Å². The molecule has 1 aliphatic rings. The Morgan fingerprint density at radius 2 is 0.939 bits per heavy atom. The summed E-state index contributed by atoms with van der Waals surface area (Å²) in [7, 11) is 0. The number of carbonyl (C=O) groups is 1. The van der Waals surface area contributed by atoms with Gasteiger partial charge in [0.05, 0.1) is 25.4 Å². The van der Waals surface area contributed by atoms with Crippen LogP contribution in [0.15, 0.2) is 36.5 Å². The van der Waals surface area contributed by atoms with E-state index in [1.807, 2.05) is 0 Å². The van der Waals surface area contributed by atoms with Crippen molar-refractivity contribution in [3.8, 4) is 0 Å². The monoisotopic (exact) mass is 938 g/mol. The lowest BCUT2D eigenvalue weighted by molar-refractivity contribution is -0.303. The highest BCUT2D eigenvalue weighted by atomic mass is 16.7. The van der Waals surface area contributed by atoms with Gasteiger partial charge in [0.2, 0.25) is 5.91 Å². The summed E-state index contributed by atoms with van der Waals surface area (Å²) in [6, 6.07) is -1.19. The Morgan fingerprint density at radius 1 is 0.530 bits per heavy atom. The third-order valence-electron chi connectivity index (χ3n) is 13.2. The van der Waals surface area contributed by atoms with Gasteiger partial charge in [-0.3, -0.25) is 4.79 Å². The van der Waals surface area contributed by atoms with Crippen LogP contribution in [0.2, 0.25) is 0 Å². The SMILES string of the molecule is CCCCCCCCCCC/C=C\C/C=C\CCCCCCCCC(O)C(=O)NC(COC1OC(CO)C(O)C(O)C1O)C(O)C(O)CCC/C=C/CCCCCCCCCCCCCC. The van der Waals surface area contributed by atoms with Crippen LogP contribution in [-0.2, 0) is 14.3 Å². The second-order valence-electron chi connectivity index (χ2n) is 19.3. The number of aliphatic hydroxyl groups excluding tert-OH is 7. The van der Waals surface area contributed by atoms with Crippen molar-refractivity contribution in [2.45, 2.75) is 294 Å². The van der Waals surface area contributed by atoms with Crippen LogP contribution in [0.25, 0.3) is 0 Å². The highest BCUT2D eigenvalue weighted by Gasteiger charge is 2.44. The molecule has 1 fully saturated rings. The zero-order valence-electron chi connectivity index (χ0n) is 42.2. The van der Waals surface area contributed by atoms with Crippen LogP contribution >= 0.6 is 0 Å². The molecule has 1 saturated heterocycles. The first-order chi connectivity index (χ1) is 32.2. The molecule has 0 saturated carbocycles. The quantitative estimate of drug-likeness (QED) is 0.0215. The van der Waals surface area contributed by atoms with Crippen molar-refractivity contribution in [2.75, 3.05) is 13.2 Å². The molecule has 9 unspecified atom stereocenters. The maximum absolute atomic E-state index is 13.1. The molecule has 1 aliphatic heterocycles. The molecule has 11 heteroatoms. The van der Waals surface area contributed by atoms with E-state index in [0.29, 0.717) is 12.8 Å². The summed E-state index contributed by atoms with van der Waals surface area (Å²) in [5.41, 5.74) is 0. The second-order valence-corrected chi connectivity index (χ2v) is 19.3. The number of allylic oxidation sites excluding steroid dienone is 6. The van der Waals surface area contributed by atoms with E-state index in [1.165, 1.54) is 135 Å². The maximum atomic E-state index is 13.1. The van der Waals surface area contributed by atoms with Gasteiger partial charge in [-0.05, 0) is 70.6 Å². The summed E-state index contributed by atoms with van der Waals surface area (Å²) < 4.78 is 11.1. The molecule has 388 valence electrons. The van der Waals surface area contributed by atoms with Crippen molar-refractivity contribution in [1.29, 1.82) is 0 Å². The minimum atomic E-state index is -1.67. The zero-order chi connectivity index (χ0) is 48.3. The molecule has 1 heterocycles. The van der Waals surface area contributed by atoms with E-state index in [-0.39, 0.29) is 12.8 Å². The average Bonchev–Trinajstić information content (AvgIpc) is 3.32. The Labute approximate surface area is 403 Å². The normalized spacial score (nSPS) is 21.0. The lowest BCUT2D eigenvalue weighted by Gasteiger charge is -2.40. The molecule has 8 N–H and O–H groups in total. The summed E-state index contributed by atoms with van der Waals surface area (Å²) >= 11 is 0. The van der Waals surface area contributed by atoms with Crippen molar-refractivity contribution in [1.82, 2.24) is 5.32 Å². The summed E-state index contributed by atoms with van der Waals surface area (Å²) in [6.45, 7) is 3.44. The molecule has 0 aromatic heterocycles. The molecule has 11 nitrogen and oxygen atoms in total. The minimum absolute atomic E-state index is 0.242. The van der Waals surface area contributed by atoms with E-state index in [4.69, 9.17) is 9.47 Å². The topological polar surface area (TPSA) is 189 Å². The van der Waals surface area contributed by atoms with Crippen LogP contribution in [0, 0.1) is 0 Å². The average molecular weight is 938 g/mol. The van der Waals surface area contributed by atoms with Crippen molar-refractivity contribution < 1.29 is 50.0 Å². The molecule has 0 aromatic rings. The van der Waals surface area contributed by atoms with Gasteiger partial charge in [0.1, 0.15) is 36.6 Å². The molecular formula is C55H103NO10. The number of aliphatic hydroxyl groups is 7. The Balaban J connectivity index is 2.38. The molecule has 1 rings (SSSR count). The molecular weight excluding hydrogens is 835 g/mol. The Bertz CT molecular complexity index is 1170. The van der Waals surface area contributed by atoms with Gasteiger partial charge in [-0.25, -0.2) is 0 Å². The molecule has 0 aromatic carbocycles. The largest absolute Gasteiger partial charge is 0.394 e. The van der Waals surface area contributed by atoms with E-state index in [0.717, 1.165) is 64.2 Å². The number of hydrogen-bond donors (Lipinski definition) is 8. The fourth-order valence-electron chi connectivity index (χ4n) is 8.65. The molecule has 1 amide bonds. The first-order valence-electron chi connectivity index (χ1n) is 27.4. The van der Waals surface area contributed by atoms with Crippen LogP contribution < -0.4 is 5.32 Å². The smallest absolute Gasteiger partial charge is 0.249 e. The standard InChI is InChI=1S/C55H103NO10/c1-3-5-7-9-11-13-15-17-19-21-22-23-24-25-27-29-31-33-35-37-39-41-43-48(59)54(64)56-46(45-65-55-53(63)52(62)51(61)49(44-57)66-55)50(60)47(58)42-40-38-36-34-32-30-28-26-20-18-16-14-12-10-8-6-4-2/h22-23,25,27,34,36,46-53,55,57-63H,3-21,24,26,28-33,35,37-45H2,1-2H3,(H,56,64)/b23-22-,27-25-,36-34+. The van der Waals surface area contributed by atoms with Gasteiger partial charge in [-0.1, -0.05) is 204 Å². The second kappa shape index (κ2) is 44.5. The van der Waals surface area contributed by atoms with Gasteiger partial charge in [-0.2, -0.15) is 0 Å². The number of unbranched alkanes of at least 4 members (excludes halogenated alkanes) is 28. The van der Waals surface area contributed by atoms with Crippen molar-refractivity contribution in [3.63, 3.8) is 0 Å². The predicted molar refractivity (Wildman–Crippen MR) is 270 cm³/mol. The number of rotatable bonds is 46. The number of carbonyl (C=O) groups excluding carboxylic acids is 1. The predicted octanol–water partition coefficient (Wildman–Crippen LogP) is 10.7. The third-order valence-corrected chi connectivity index (χ3v) is 13.2. The number of ether oxygens (including phenoxy) is 2. The fourth-order valence-corrected chi connectivity index (χ4v) is 8.65. The van der Waals surface area contributed by atoms with E-state index in [1.54, 1.807) is 0 Å². The van der Waals surface area contributed by atoms with Gasteiger partial charge in [0.15, 0.2) is 6.29 Å². The van der Waals surface area contributed by atoms with Gasteiger partial charge < -0.3 is 50.5 Å². The lowest BCUT2D eigenvalue weighted by atomic mass is 9.98. The van der Waals surface area contributed by atoms with Crippen LogP contribution in [0.5, 0.6) is 0 Å². The maximum Gasteiger partial charge on any atom is 0.249 e. The molecule has 0 aliphatic carbocycles. The number of hydrogen-bond acceptors (Lipinski definition) is 10. The Morgan fingerprint density at radius 3 is 1.39 bits per heavy atom. The zero-order valence-corrected chi connectivity index (χ0v) is 42.2. The van der Waals surface area contributed by atoms with E-state index >= 15 is 0 Å². The summed E-state index contributed by atoms with van der Waals surface area (Å²) in [4.78, 5) is 13.1. The molecule has 0 bridgehead atoms. The third kappa shape index (κ3) is 33.0. The first-order valence-corrected chi connectivity index (χ1v) is 27.4. The highest BCUT2D eigenvalue weighted by Crippen LogP contribution is 2.23. The van der Waals surface area contributed by atoms with Gasteiger partial charge in [-0.15, -0.1) is 0 Å². The van der Waals surface area contributed by atoms with Gasteiger partial charge >= 0.3 is 0 Å². The molecule has 9 atom stereocenters. The molecule has 66 heavy (non-hydrogen) atoms. The van der Waals surface area contributed by atoms with Crippen molar-refractivity contribution in [3.05, 3.63) is 36.5 Å². The molecule has 0 radical (unpaired) electrons. The Kier molecular flexibility index (Phi) is 42.1. The summed E-state index contributed by atoms with van der Waals surface area (Å²) in [5, 5.41) is 76.0. The number of nitrogens with one attached hydrogen (secondary N) is 1. The van der Waals surface area contributed by atoms with E-state index < -0.39 is 74.2 Å². The van der Waals surface area contributed by atoms with Crippen LogP contribution in [0.4, 0.5) is 0 Å². The van der Waals surface area contributed by atoms with Crippen LogP contribution in [0.1, 0.15) is 239 Å². The lowest BCUT2D eigenvalue weighted by Crippen LogP contribution is -2.60. The van der Waals surface area contributed by atoms with E-state index in [9.17, 15) is 40.5 Å². The minimum Gasteiger partial charge on any atom is -0.394 e. The highest BCUT2D eigenvalue weighted by molar-refractivity contribution is 5.80. The van der Waals surface area contributed by atoms with Crippen molar-refractivity contribution in [2.24, 2.45) is 0 Å². The summed E-state index contributed by atoms with van der Waals surface area (Å²) in [6.07, 6.45) is 41.9. The van der Waals surface area contributed by atoms with Crippen LogP contribution in [-0.4, -0.2) is 110 Å². The number of amides is 1. The first kappa shape index (κ1) is 62.3. The van der Waals surface area contributed by atoms with E-state index in [2.05, 4.69) is 55.6 Å².